The van der Waals surface area contributed by atoms with Gasteiger partial charge in [0.05, 0.1) is 0 Å². The van der Waals surface area contributed by atoms with Gasteiger partial charge in [-0.1, -0.05) is 40.2 Å². The summed E-state index contributed by atoms with van der Waals surface area (Å²) in [5.41, 5.74) is 2.20. The molecule has 0 aliphatic rings. The van der Waals surface area contributed by atoms with Gasteiger partial charge in [0.2, 0.25) is 0 Å². The van der Waals surface area contributed by atoms with E-state index in [1.165, 1.54) is 6.42 Å². The van der Waals surface area contributed by atoms with E-state index in [0.717, 1.165) is 37.2 Å². The highest BCUT2D eigenvalue weighted by molar-refractivity contribution is 5.18. The van der Waals surface area contributed by atoms with Crippen LogP contribution in [0.1, 0.15) is 64.1 Å². The maximum absolute atomic E-state index is 12.5. The van der Waals surface area contributed by atoms with Gasteiger partial charge in [-0.15, -0.1) is 0 Å². The van der Waals surface area contributed by atoms with Crippen molar-refractivity contribution in [2.75, 3.05) is 6.54 Å². The quantitative estimate of drug-likeness (QED) is 0.731. The number of unbranched alkanes of at least 4 members (excludes halogenated alkanes) is 1. The fraction of sp³-hybridized carbons (Fsp3) is 0.688. The van der Waals surface area contributed by atoms with E-state index in [0.29, 0.717) is 12.5 Å². The lowest BCUT2D eigenvalue weighted by Gasteiger charge is -2.16. The Kier molecular flexibility index (Phi) is 6.85. The zero-order chi connectivity index (χ0) is 14.3. The highest BCUT2D eigenvalue weighted by Gasteiger charge is 2.10. The fourth-order valence-electron chi connectivity index (χ4n) is 2.26. The van der Waals surface area contributed by atoms with Crippen molar-refractivity contribution in [2.24, 2.45) is 0 Å². The van der Waals surface area contributed by atoms with Crippen LogP contribution in [-0.4, -0.2) is 11.1 Å². The van der Waals surface area contributed by atoms with E-state index in [1.807, 2.05) is 10.6 Å². The van der Waals surface area contributed by atoms with Crippen LogP contribution < -0.4 is 10.9 Å². The lowest BCUT2D eigenvalue weighted by Crippen LogP contribution is -2.30. The first-order chi connectivity index (χ1) is 9.11. The lowest BCUT2D eigenvalue weighted by atomic mass is 10.1. The lowest BCUT2D eigenvalue weighted by molar-refractivity contribution is 0.579. The topological polar surface area (TPSA) is 34.0 Å². The van der Waals surface area contributed by atoms with Crippen LogP contribution >= 0.6 is 0 Å². The first-order valence-electron chi connectivity index (χ1n) is 7.55. The zero-order valence-electron chi connectivity index (χ0n) is 12.8. The minimum atomic E-state index is 0.178. The second-order valence-corrected chi connectivity index (χ2v) is 5.43. The summed E-state index contributed by atoms with van der Waals surface area (Å²) in [7, 11) is 0. The summed E-state index contributed by atoms with van der Waals surface area (Å²) < 4.78 is 1.95. The van der Waals surface area contributed by atoms with Gasteiger partial charge in [0.25, 0.3) is 5.56 Å². The van der Waals surface area contributed by atoms with Crippen LogP contribution in [0.25, 0.3) is 0 Å². The molecule has 0 fully saturated rings. The number of hydrogen-bond acceptors (Lipinski definition) is 2. The van der Waals surface area contributed by atoms with Crippen molar-refractivity contribution in [1.29, 1.82) is 0 Å². The van der Waals surface area contributed by atoms with Crippen LogP contribution in [0.3, 0.4) is 0 Å². The normalized spacial score (nSPS) is 11.2. The molecule has 0 saturated heterocycles. The molecule has 0 saturated carbocycles. The Hall–Kier alpha value is -1.09. The Morgan fingerprint density at radius 1 is 1.21 bits per heavy atom. The molecule has 0 unspecified atom stereocenters. The molecule has 3 heteroatoms. The van der Waals surface area contributed by atoms with Crippen molar-refractivity contribution in [3.05, 3.63) is 33.7 Å². The summed E-state index contributed by atoms with van der Waals surface area (Å²) in [5, 5.41) is 3.35. The van der Waals surface area contributed by atoms with E-state index >= 15 is 0 Å². The number of nitrogens with zero attached hydrogens (tertiary/aromatic N) is 1. The van der Waals surface area contributed by atoms with Crippen LogP contribution in [0.2, 0.25) is 0 Å². The number of rotatable bonds is 8. The van der Waals surface area contributed by atoms with Crippen molar-refractivity contribution < 1.29 is 0 Å². The Bertz CT molecular complexity index is 435. The summed E-state index contributed by atoms with van der Waals surface area (Å²) in [4.78, 5) is 12.5. The predicted molar refractivity (Wildman–Crippen MR) is 81.7 cm³/mol. The summed E-state index contributed by atoms with van der Waals surface area (Å²) in [6.07, 6.45) is 3.33. The monoisotopic (exact) mass is 264 g/mol. The molecule has 0 spiro atoms. The number of aromatic nitrogens is 1. The van der Waals surface area contributed by atoms with E-state index in [4.69, 9.17) is 0 Å². The third-order valence-electron chi connectivity index (χ3n) is 3.35. The fourth-order valence-corrected chi connectivity index (χ4v) is 2.26. The predicted octanol–water partition coefficient (Wildman–Crippen LogP) is 3.27. The first-order valence-corrected chi connectivity index (χ1v) is 7.55. The van der Waals surface area contributed by atoms with Gasteiger partial charge in [-0.3, -0.25) is 4.79 Å². The highest BCUT2D eigenvalue weighted by Crippen LogP contribution is 2.13. The van der Waals surface area contributed by atoms with Gasteiger partial charge in [0, 0.05) is 24.3 Å². The van der Waals surface area contributed by atoms with E-state index < -0.39 is 0 Å². The SMILES string of the molecule is CCCCNCc1ccc(C(C)C)n(CCC)c1=O. The second kappa shape index (κ2) is 8.16. The Morgan fingerprint density at radius 2 is 1.95 bits per heavy atom. The minimum Gasteiger partial charge on any atom is -0.312 e. The molecule has 3 nitrogen and oxygen atoms in total. The molecule has 0 aromatic carbocycles. The van der Waals surface area contributed by atoms with Crippen LogP contribution in [0.15, 0.2) is 16.9 Å². The zero-order valence-corrected chi connectivity index (χ0v) is 12.8. The second-order valence-electron chi connectivity index (χ2n) is 5.43. The molecule has 0 radical (unpaired) electrons. The Labute approximate surface area is 117 Å². The third kappa shape index (κ3) is 4.50. The Balaban J connectivity index is 2.89. The average Bonchev–Trinajstić information content (AvgIpc) is 2.38. The molecule has 1 aromatic heterocycles. The van der Waals surface area contributed by atoms with Gasteiger partial charge in [-0.25, -0.2) is 0 Å². The van der Waals surface area contributed by atoms with Gasteiger partial charge in [-0.05, 0) is 31.4 Å². The molecule has 0 bridgehead atoms. The van der Waals surface area contributed by atoms with E-state index in [1.54, 1.807) is 0 Å². The molecule has 0 amide bonds. The summed E-state index contributed by atoms with van der Waals surface area (Å²) >= 11 is 0. The van der Waals surface area contributed by atoms with Crippen LogP contribution in [0.4, 0.5) is 0 Å². The number of hydrogen-bond donors (Lipinski definition) is 1. The molecular weight excluding hydrogens is 236 g/mol. The van der Waals surface area contributed by atoms with Crippen LogP contribution in [0.5, 0.6) is 0 Å². The van der Waals surface area contributed by atoms with Crippen LogP contribution in [0, 0.1) is 0 Å². The minimum absolute atomic E-state index is 0.178. The molecule has 0 aliphatic carbocycles. The highest BCUT2D eigenvalue weighted by atomic mass is 16.1. The van der Waals surface area contributed by atoms with Crippen molar-refractivity contribution in [1.82, 2.24) is 9.88 Å². The maximum atomic E-state index is 12.5. The first kappa shape index (κ1) is 16.0. The standard InChI is InChI=1S/C16H28N2O/c1-5-7-10-17-12-14-8-9-15(13(3)4)18(11-6-2)16(14)19/h8-9,13,17H,5-7,10-12H2,1-4H3. The van der Waals surface area contributed by atoms with Gasteiger partial charge in [-0.2, -0.15) is 0 Å². The molecular formula is C16H28N2O. The summed E-state index contributed by atoms with van der Waals surface area (Å²) in [6, 6.07) is 4.10. The maximum Gasteiger partial charge on any atom is 0.255 e. The van der Waals surface area contributed by atoms with Crippen molar-refractivity contribution in [2.45, 2.75) is 66.0 Å². The molecule has 0 aliphatic heterocycles. The summed E-state index contributed by atoms with van der Waals surface area (Å²) in [5.74, 6) is 0.390. The molecule has 1 N–H and O–H groups in total. The molecule has 0 atom stereocenters. The van der Waals surface area contributed by atoms with Gasteiger partial charge >= 0.3 is 0 Å². The van der Waals surface area contributed by atoms with E-state index in [9.17, 15) is 4.79 Å². The number of pyridine rings is 1. The Morgan fingerprint density at radius 3 is 2.53 bits per heavy atom. The van der Waals surface area contributed by atoms with Crippen molar-refractivity contribution in [3.63, 3.8) is 0 Å². The van der Waals surface area contributed by atoms with Crippen molar-refractivity contribution >= 4 is 0 Å². The summed E-state index contributed by atoms with van der Waals surface area (Å²) in [6.45, 7) is 11.0. The van der Waals surface area contributed by atoms with Crippen molar-refractivity contribution in [3.8, 4) is 0 Å². The van der Waals surface area contributed by atoms with Gasteiger partial charge in [0.15, 0.2) is 0 Å². The van der Waals surface area contributed by atoms with E-state index in [2.05, 4.69) is 39.1 Å². The number of nitrogens with one attached hydrogen (secondary N) is 1. The van der Waals surface area contributed by atoms with Gasteiger partial charge in [0.1, 0.15) is 0 Å². The molecule has 19 heavy (non-hydrogen) atoms. The smallest absolute Gasteiger partial charge is 0.255 e. The van der Waals surface area contributed by atoms with Gasteiger partial charge < -0.3 is 9.88 Å². The molecule has 1 rings (SSSR count). The average molecular weight is 264 g/mol. The molecule has 1 heterocycles. The largest absolute Gasteiger partial charge is 0.312 e. The molecule has 108 valence electrons. The molecule has 1 aromatic rings. The third-order valence-corrected chi connectivity index (χ3v) is 3.35. The van der Waals surface area contributed by atoms with Crippen LogP contribution in [-0.2, 0) is 13.1 Å². The van der Waals surface area contributed by atoms with E-state index in [-0.39, 0.29) is 5.56 Å².